The highest BCUT2D eigenvalue weighted by Crippen LogP contribution is 2.38. The minimum absolute atomic E-state index is 0.00920. The molecule has 1 atom stereocenters. The predicted octanol–water partition coefficient (Wildman–Crippen LogP) is 4.95. The van der Waals surface area contributed by atoms with Crippen molar-refractivity contribution >= 4 is 22.6 Å². The van der Waals surface area contributed by atoms with Gasteiger partial charge >= 0.3 is 5.97 Å². The van der Waals surface area contributed by atoms with Crippen LogP contribution in [0.15, 0.2) is 54.1 Å². The maximum atomic E-state index is 14.4. The number of carboxylic acid groups (broad SMARTS) is 1. The number of nitriles is 1. The van der Waals surface area contributed by atoms with E-state index in [9.17, 15) is 14.3 Å². The molecule has 1 fully saturated rings. The molecule has 0 saturated carbocycles. The Bertz CT molecular complexity index is 1840. The summed E-state index contributed by atoms with van der Waals surface area (Å²) in [6.07, 6.45) is 2.60. The molecule has 0 amide bonds. The van der Waals surface area contributed by atoms with E-state index < -0.39 is 11.8 Å². The van der Waals surface area contributed by atoms with E-state index in [2.05, 4.69) is 9.47 Å². The summed E-state index contributed by atoms with van der Waals surface area (Å²) >= 11 is 0. The summed E-state index contributed by atoms with van der Waals surface area (Å²) in [4.78, 5) is 23.7. The predicted molar refractivity (Wildman–Crippen MR) is 158 cm³/mol. The third-order valence-corrected chi connectivity index (χ3v) is 8.48. The molecular weight excluding hydrogens is 565 g/mol. The van der Waals surface area contributed by atoms with Crippen LogP contribution in [-0.4, -0.2) is 62.9 Å². The fourth-order valence-corrected chi connectivity index (χ4v) is 6.02. The van der Waals surface area contributed by atoms with E-state index in [-0.39, 0.29) is 23.8 Å². The third kappa shape index (κ3) is 5.50. The van der Waals surface area contributed by atoms with Gasteiger partial charge in [0.1, 0.15) is 29.7 Å². The van der Waals surface area contributed by atoms with Crippen LogP contribution in [0.25, 0.3) is 16.6 Å². The summed E-state index contributed by atoms with van der Waals surface area (Å²) in [6, 6.07) is 14.9. The minimum atomic E-state index is -0.962. The minimum Gasteiger partial charge on any atom is -0.491 e. The number of carboxylic acids is 1. The first-order valence-corrected chi connectivity index (χ1v) is 14.7. The fraction of sp³-hybridized carbons (Fsp3) is 0.333. The molecule has 0 bridgehead atoms. The fourth-order valence-electron chi connectivity index (χ4n) is 6.02. The molecule has 1 N–H and O–H groups in total. The van der Waals surface area contributed by atoms with Gasteiger partial charge in [-0.25, -0.2) is 19.2 Å². The van der Waals surface area contributed by atoms with Gasteiger partial charge in [0.15, 0.2) is 0 Å². The molecule has 1 saturated heterocycles. The van der Waals surface area contributed by atoms with E-state index in [0.717, 1.165) is 67.1 Å². The normalized spacial score (nSPS) is 18.0. The molecule has 7 rings (SSSR count). The smallest absolute Gasteiger partial charge is 0.335 e. The lowest BCUT2D eigenvalue weighted by Crippen LogP contribution is -2.34. The monoisotopic (exact) mass is 595 g/mol. The molecule has 3 aliphatic rings. The maximum absolute atomic E-state index is 14.4. The van der Waals surface area contributed by atoms with Crippen molar-refractivity contribution in [2.24, 2.45) is 0 Å². The van der Waals surface area contributed by atoms with E-state index in [1.807, 2.05) is 12.1 Å². The topological polar surface area (TPSA) is 123 Å². The number of benzene rings is 2. The highest BCUT2D eigenvalue weighted by Gasteiger charge is 2.28. The van der Waals surface area contributed by atoms with Gasteiger partial charge < -0.3 is 23.9 Å². The van der Waals surface area contributed by atoms with Gasteiger partial charge in [-0.1, -0.05) is 6.07 Å². The molecule has 0 spiro atoms. The molecule has 10 nitrogen and oxygen atoms in total. The van der Waals surface area contributed by atoms with Gasteiger partial charge in [-0.2, -0.15) is 5.26 Å². The van der Waals surface area contributed by atoms with Crippen molar-refractivity contribution in [3.05, 3.63) is 88.1 Å². The highest BCUT2D eigenvalue weighted by atomic mass is 19.1. The van der Waals surface area contributed by atoms with Crippen molar-refractivity contribution < 1.29 is 28.5 Å². The Morgan fingerprint density at radius 3 is 2.80 bits per heavy atom. The van der Waals surface area contributed by atoms with Crippen LogP contribution in [0.4, 0.5) is 4.39 Å². The van der Waals surface area contributed by atoms with Gasteiger partial charge in [0.25, 0.3) is 0 Å². The zero-order valence-corrected chi connectivity index (χ0v) is 24.0. The van der Waals surface area contributed by atoms with Crippen molar-refractivity contribution in [3.8, 4) is 17.7 Å². The van der Waals surface area contributed by atoms with Gasteiger partial charge in [0.05, 0.1) is 54.0 Å². The SMILES string of the molecule is N#Cc1ccc(COc2ccc3c(n2)C2=C(CCO3)CN(Cc3nc4ccc(C(=O)O)cc4n3C[C@@H]3CCO3)CC2)c(F)c1. The van der Waals surface area contributed by atoms with Crippen molar-refractivity contribution in [2.75, 3.05) is 26.3 Å². The lowest BCUT2D eigenvalue weighted by molar-refractivity contribution is -0.0591. The first-order valence-electron chi connectivity index (χ1n) is 14.7. The van der Waals surface area contributed by atoms with Crippen LogP contribution in [-0.2, 0) is 24.4 Å². The molecule has 224 valence electrons. The van der Waals surface area contributed by atoms with E-state index in [1.54, 1.807) is 36.4 Å². The first kappa shape index (κ1) is 28.0. The zero-order chi connectivity index (χ0) is 30.2. The number of carbonyl (C=O) groups is 1. The summed E-state index contributed by atoms with van der Waals surface area (Å²) < 4.78 is 34.1. The van der Waals surface area contributed by atoms with Gasteiger partial charge in [-0.05, 0) is 60.4 Å². The first-order chi connectivity index (χ1) is 21.4. The number of nitrogens with zero attached hydrogens (tertiary/aromatic N) is 5. The second kappa shape index (κ2) is 11.7. The number of pyridine rings is 1. The maximum Gasteiger partial charge on any atom is 0.335 e. The molecule has 2 aromatic carbocycles. The molecule has 3 aliphatic heterocycles. The molecular formula is C33H30FN5O5. The standard InChI is InChI=1S/C33H30FN5O5/c34-26-13-20(15-35)1-2-23(26)19-44-31-6-5-29-32(37-31)25-7-10-38(16-22(25)8-11-43-29)18-30-36-27-4-3-21(33(40)41)14-28(27)39(30)17-24-9-12-42-24/h1-6,13-14,24H,7-12,16-19H2,(H,40,41)/t24-/m0/s1. The van der Waals surface area contributed by atoms with Crippen molar-refractivity contribution in [1.82, 2.24) is 19.4 Å². The molecule has 44 heavy (non-hydrogen) atoms. The second-order valence-corrected chi connectivity index (χ2v) is 11.3. The number of ether oxygens (including phenoxy) is 3. The molecule has 0 radical (unpaired) electrons. The summed E-state index contributed by atoms with van der Waals surface area (Å²) in [5.74, 6) is 0.514. The van der Waals surface area contributed by atoms with E-state index >= 15 is 0 Å². The quantitative estimate of drug-likeness (QED) is 0.301. The van der Waals surface area contributed by atoms with E-state index in [1.165, 1.54) is 11.6 Å². The summed E-state index contributed by atoms with van der Waals surface area (Å²) in [5, 5.41) is 18.5. The molecule has 2 aromatic heterocycles. The van der Waals surface area contributed by atoms with Crippen LogP contribution < -0.4 is 9.47 Å². The van der Waals surface area contributed by atoms with Crippen LogP contribution in [0.3, 0.4) is 0 Å². The Morgan fingerprint density at radius 2 is 2.02 bits per heavy atom. The van der Waals surface area contributed by atoms with Crippen molar-refractivity contribution in [3.63, 3.8) is 0 Å². The highest BCUT2D eigenvalue weighted by molar-refractivity contribution is 5.92. The van der Waals surface area contributed by atoms with Gasteiger partial charge in [0.2, 0.25) is 5.88 Å². The molecule has 11 heteroatoms. The number of hydrogen-bond donors (Lipinski definition) is 1. The lowest BCUT2D eigenvalue weighted by atomic mass is 9.95. The molecule has 5 heterocycles. The number of aromatic carboxylic acids is 1. The van der Waals surface area contributed by atoms with E-state index in [0.29, 0.717) is 36.9 Å². The van der Waals surface area contributed by atoms with Crippen LogP contribution >= 0.6 is 0 Å². The number of rotatable bonds is 8. The Balaban J connectivity index is 1.11. The summed E-state index contributed by atoms with van der Waals surface area (Å²) in [6.45, 7) is 4.03. The Hall–Kier alpha value is -4.79. The molecule has 0 aliphatic carbocycles. The average molecular weight is 596 g/mol. The Labute approximate surface area is 252 Å². The number of fused-ring (bicyclic) bond motifs is 3. The lowest BCUT2D eigenvalue weighted by Gasteiger charge is -2.31. The molecule has 4 aromatic rings. The van der Waals surface area contributed by atoms with Crippen molar-refractivity contribution in [1.29, 1.82) is 5.26 Å². The van der Waals surface area contributed by atoms with Gasteiger partial charge in [0, 0.05) is 37.7 Å². The number of aromatic nitrogens is 3. The van der Waals surface area contributed by atoms with Crippen molar-refractivity contribution in [2.45, 2.75) is 45.1 Å². The number of imidazole rings is 1. The zero-order valence-electron chi connectivity index (χ0n) is 24.0. The summed E-state index contributed by atoms with van der Waals surface area (Å²) in [7, 11) is 0. The Morgan fingerprint density at radius 1 is 1.14 bits per heavy atom. The van der Waals surface area contributed by atoms with E-state index in [4.69, 9.17) is 29.4 Å². The van der Waals surface area contributed by atoms with Gasteiger partial charge in [-0.15, -0.1) is 0 Å². The molecule has 0 unspecified atom stereocenters. The number of hydrogen-bond acceptors (Lipinski definition) is 8. The second-order valence-electron chi connectivity index (χ2n) is 11.3. The van der Waals surface area contributed by atoms with Gasteiger partial charge in [-0.3, -0.25) is 4.90 Å². The third-order valence-electron chi connectivity index (χ3n) is 8.48. The van der Waals surface area contributed by atoms with Crippen LogP contribution in [0.1, 0.15) is 52.3 Å². The number of halogens is 1. The Kier molecular flexibility index (Phi) is 7.46. The average Bonchev–Trinajstić information content (AvgIpc) is 3.23. The summed E-state index contributed by atoms with van der Waals surface area (Å²) in [5.41, 5.74) is 5.57. The van der Waals surface area contributed by atoms with Crippen LogP contribution in [0, 0.1) is 17.1 Å². The van der Waals surface area contributed by atoms with Crippen LogP contribution in [0.2, 0.25) is 0 Å². The largest absolute Gasteiger partial charge is 0.491 e. The van der Waals surface area contributed by atoms with Crippen LogP contribution in [0.5, 0.6) is 11.6 Å².